The number of aromatic nitrogens is 1. The van der Waals surface area contributed by atoms with Crippen molar-refractivity contribution in [3.05, 3.63) is 28.5 Å². The largest absolute Gasteiger partial charge is 0.335 e. The molecule has 0 radical (unpaired) electrons. The van der Waals surface area contributed by atoms with Crippen molar-refractivity contribution >= 4 is 21.8 Å². The van der Waals surface area contributed by atoms with E-state index in [0.29, 0.717) is 5.69 Å². The summed E-state index contributed by atoms with van der Waals surface area (Å²) in [5, 5.41) is 0. The van der Waals surface area contributed by atoms with Gasteiger partial charge < -0.3 is 9.80 Å². The summed E-state index contributed by atoms with van der Waals surface area (Å²) in [5.41, 5.74) is 0.523. The molecule has 1 aromatic heterocycles. The molecule has 1 saturated heterocycles. The van der Waals surface area contributed by atoms with Crippen LogP contribution in [0.2, 0.25) is 0 Å². The Labute approximate surface area is 128 Å². The van der Waals surface area contributed by atoms with E-state index in [2.05, 4.69) is 44.8 Å². The fraction of sp³-hybridized carbons (Fsp3) is 0.571. The maximum Gasteiger partial charge on any atom is 0.272 e. The summed E-state index contributed by atoms with van der Waals surface area (Å²) < 4.78 is 0.891. The van der Waals surface area contributed by atoms with E-state index < -0.39 is 0 Å². The Hall–Kier alpha value is -0.980. The van der Waals surface area contributed by atoms with E-state index in [1.807, 2.05) is 11.0 Å². The Balaban J connectivity index is 1.84. The van der Waals surface area contributed by atoms with Gasteiger partial charge >= 0.3 is 0 Å². The fourth-order valence-corrected chi connectivity index (χ4v) is 2.41. The molecule has 1 aliphatic rings. The molecule has 0 spiro atoms. The first kappa shape index (κ1) is 15.4. The molecule has 6 heteroatoms. The molecule has 0 saturated carbocycles. The van der Waals surface area contributed by atoms with Gasteiger partial charge in [-0.25, -0.2) is 4.98 Å². The van der Waals surface area contributed by atoms with Crippen LogP contribution < -0.4 is 0 Å². The monoisotopic (exact) mass is 340 g/mol. The molecule has 0 N–H and O–H groups in total. The van der Waals surface area contributed by atoms with E-state index >= 15 is 0 Å². The smallest absolute Gasteiger partial charge is 0.272 e. The zero-order chi connectivity index (χ0) is 14.5. The maximum absolute atomic E-state index is 12.3. The minimum atomic E-state index is 0.0322. The first-order chi connectivity index (χ1) is 9.56. The summed E-state index contributed by atoms with van der Waals surface area (Å²) in [6, 6.07) is 3.62. The van der Waals surface area contributed by atoms with Crippen LogP contribution in [-0.4, -0.2) is 79.0 Å². The zero-order valence-electron chi connectivity index (χ0n) is 12.0. The minimum Gasteiger partial charge on any atom is -0.335 e. The molecule has 0 bridgehead atoms. The van der Waals surface area contributed by atoms with Crippen molar-refractivity contribution < 1.29 is 4.79 Å². The third-order valence-electron chi connectivity index (χ3n) is 3.47. The third kappa shape index (κ3) is 4.26. The van der Waals surface area contributed by atoms with Gasteiger partial charge in [0.15, 0.2) is 0 Å². The zero-order valence-corrected chi connectivity index (χ0v) is 13.6. The van der Waals surface area contributed by atoms with Crippen LogP contribution >= 0.6 is 15.9 Å². The number of piperazine rings is 1. The lowest BCUT2D eigenvalue weighted by Crippen LogP contribution is -2.50. The number of carbonyl (C=O) groups is 1. The topological polar surface area (TPSA) is 39.7 Å². The van der Waals surface area contributed by atoms with Crippen LogP contribution in [0.4, 0.5) is 0 Å². The molecule has 5 nitrogen and oxygen atoms in total. The predicted molar refractivity (Wildman–Crippen MR) is 82.8 cm³/mol. The average Bonchev–Trinajstić information content (AvgIpc) is 2.46. The molecular weight excluding hydrogens is 320 g/mol. The van der Waals surface area contributed by atoms with Gasteiger partial charge in [-0.15, -0.1) is 0 Å². The number of carbonyl (C=O) groups excluding carboxylic acids is 1. The molecule has 1 aromatic rings. The molecule has 0 aliphatic carbocycles. The van der Waals surface area contributed by atoms with E-state index in [9.17, 15) is 4.79 Å². The van der Waals surface area contributed by atoms with Crippen LogP contribution in [0.1, 0.15) is 10.5 Å². The standard InChI is InChI=1S/C14H21BrN4O/c1-17(2)5-6-18-7-9-19(10-8-18)14(20)13-4-3-12(15)11-16-13/h3-4,11H,5-10H2,1-2H3. The van der Waals surface area contributed by atoms with Crippen molar-refractivity contribution in [3.8, 4) is 0 Å². The average molecular weight is 341 g/mol. The second-order valence-electron chi connectivity index (χ2n) is 5.30. The van der Waals surface area contributed by atoms with Crippen LogP contribution in [0.5, 0.6) is 0 Å². The van der Waals surface area contributed by atoms with Crippen LogP contribution in [0.25, 0.3) is 0 Å². The summed E-state index contributed by atoms with van der Waals surface area (Å²) in [4.78, 5) is 23.0. The highest BCUT2D eigenvalue weighted by Crippen LogP contribution is 2.11. The van der Waals surface area contributed by atoms with Gasteiger partial charge in [0.1, 0.15) is 5.69 Å². The third-order valence-corrected chi connectivity index (χ3v) is 3.94. The second kappa shape index (κ2) is 7.15. The van der Waals surface area contributed by atoms with E-state index in [1.165, 1.54) is 0 Å². The number of hydrogen-bond acceptors (Lipinski definition) is 4. The van der Waals surface area contributed by atoms with Gasteiger partial charge in [-0.3, -0.25) is 9.69 Å². The number of rotatable bonds is 4. The van der Waals surface area contributed by atoms with Crippen molar-refractivity contribution in [1.29, 1.82) is 0 Å². The summed E-state index contributed by atoms with van der Waals surface area (Å²) in [6.45, 7) is 5.56. The summed E-state index contributed by atoms with van der Waals surface area (Å²) in [6.07, 6.45) is 1.67. The van der Waals surface area contributed by atoms with E-state index in [0.717, 1.165) is 43.7 Å². The van der Waals surface area contributed by atoms with Gasteiger partial charge in [0.05, 0.1) is 0 Å². The number of halogens is 1. The first-order valence-corrected chi connectivity index (χ1v) is 7.63. The molecule has 2 rings (SSSR count). The van der Waals surface area contributed by atoms with Gasteiger partial charge in [-0.05, 0) is 42.2 Å². The van der Waals surface area contributed by atoms with Gasteiger partial charge in [0.25, 0.3) is 5.91 Å². The van der Waals surface area contributed by atoms with E-state index in [4.69, 9.17) is 0 Å². The van der Waals surface area contributed by atoms with Crippen LogP contribution in [-0.2, 0) is 0 Å². The molecule has 110 valence electrons. The molecule has 1 aliphatic heterocycles. The molecule has 1 amide bonds. The predicted octanol–water partition coefficient (Wildman–Crippen LogP) is 1.16. The fourth-order valence-electron chi connectivity index (χ4n) is 2.18. The van der Waals surface area contributed by atoms with Crippen molar-refractivity contribution in [2.45, 2.75) is 0 Å². The molecule has 0 atom stereocenters. The molecule has 0 unspecified atom stereocenters. The molecular formula is C14H21BrN4O. The Morgan fingerprint density at radius 3 is 2.55 bits per heavy atom. The van der Waals surface area contributed by atoms with E-state index in [-0.39, 0.29) is 5.91 Å². The Morgan fingerprint density at radius 2 is 2.00 bits per heavy atom. The summed E-state index contributed by atoms with van der Waals surface area (Å²) >= 11 is 3.33. The molecule has 0 aromatic carbocycles. The quantitative estimate of drug-likeness (QED) is 0.824. The number of pyridine rings is 1. The second-order valence-corrected chi connectivity index (χ2v) is 6.21. The van der Waals surface area contributed by atoms with Gasteiger partial charge in [0.2, 0.25) is 0 Å². The minimum absolute atomic E-state index is 0.0322. The number of amides is 1. The summed E-state index contributed by atoms with van der Waals surface area (Å²) in [7, 11) is 4.16. The highest BCUT2D eigenvalue weighted by atomic mass is 79.9. The Kier molecular flexibility index (Phi) is 5.51. The lowest BCUT2D eigenvalue weighted by Gasteiger charge is -2.35. The molecule has 20 heavy (non-hydrogen) atoms. The SMILES string of the molecule is CN(C)CCN1CCN(C(=O)c2ccc(Br)cn2)CC1. The van der Waals surface area contributed by atoms with Crippen molar-refractivity contribution in [3.63, 3.8) is 0 Å². The van der Waals surface area contributed by atoms with Crippen molar-refractivity contribution in [2.75, 3.05) is 53.4 Å². The van der Waals surface area contributed by atoms with Crippen LogP contribution in [0, 0.1) is 0 Å². The van der Waals surface area contributed by atoms with Crippen molar-refractivity contribution in [2.24, 2.45) is 0 Å². The van der Waals surface area contributed by atoms with Crippen molar-refractivity contribution in [1.82, 2.24) is 19.7 Å². The normalized spacial score (nSPS) is 16.7. The lowest BCUT2D eigenvalue weighted by atomic mass is 10.2. The number of nitrogens with zero attached hydrogens (tertiary/aromatic N) is 4. The highest BCUT2D eigenvalue weighted by molar-refractivity contribution is 9.10. The van der Waals surface area contributed by atoms with E-state index in [1.54, 1.807) is 12.3 Å². The van der Waals surface area contributed by atoms with Gasteiger partial charge in [-0.2, -0.15) is 0 Å². The van der Waals surface area contributed by atoms with Crippen LogP contribution in [0.15, 0.2) is 22.8 Å². The first-order valence-electron chi connectivity index (χ1n) is 6.84. The molecule has 2 heterocycles. The maximum atomic E-state index is 12.3. The Morgan fingerprint density at radius 1 is 1.30 bits per heavy atom. The number of likely N-dealkylation sites (N-methyl/N-ethyl adjacent to an activating group) is 1. The molecule has 1 fully saturated rings. The van der Waals surface area contributed by atoms with Gasteiger partial charge in [-0.1, -0.05) is 0 Å². The number of hydrogen-bond donors (Lipinski definition) is 0. The highest BCUT2D eigenvalue weighted by Gasteiger charge is 2.22. The van der Waals surface area contributed by atoms with Crippen LogP contribution in [0.3, 0.4) is 0 Å². The summed E-state index contributed by atoms with van der Waals surface area (Å²) in [5.74, 6) is 0.0322. The van der Waals surface area contributed by atoms with Gasteiger partial charge in [0, 0.05) is 49.9 Å². The Bertz CT molecular complexity index is 441. The lowest BCUT2D eigenvalue weighted by molar-refractivity contribution is 0.0624.